The minimum Gasteiger partial charge on any atom is -0.348 e. The molecule has 2 aliphatic heterocycles. The molecule has 0 unspecified atom stereocenters. The van der Waals surface area contributed by atoms with E-state index in [1.54, 1.807) is 0 Å². The number of amides is 3. The molecule has 2 N–H and O–H groups in total. The Morgan fingerprint density at radius 3 is 2.59 bits per heavy atom. The van der Waals surface area contributed by atoms with Gasteiger partial charge in [0, 0.05) is 38.5 Å². The van der Waals surface area contributed by atoms with Gasteiger partial charge in [-0.1, -0.05) is 31.4 Å². The topological polar surface area (TPSA) is 64.7 Å². The minimum atomic E-state index is -0.387. The molecule has 3 amide bonds. The fourth-order valence-corrected chi connectivity index (χ4v) is 4.94. The van der Waals surface area contributed by atoms with Crippen LogP contribution in [0, 0.1) is 0 Å². The Labute approximate surface area is 161 Å². The number of carbonyl (C=O) groups is 2. The van der Waals surface area contributed by atoms with E-state index in [4.69, 9.17) is 0 Å². The molecule has 2 heterocycles. The maximum atomic E-state index is 12.7. The molecule has 3 aliphatic rings. The first-order valence-electron chi connectivity index (χ1n) is 10.4. The van der Waals surface area contributed by atoms with Crippen LogP contribution < -0.4 is 15.5 Å². The number of fused-ring (bicyclic) bond motifs is 1. The Hall–Kier alpha value is -2.24. The van der Waals surface area contributed by atoms with Crippen LogP contribution in [0.1, 0.15) is 62.2 Å². The first-order valence-corrected chi connectivity index (χ1v) is 10.4. The third-order valence-corrected chi connectivity index (χ3v) is 6.43. The third kappa shape index (κ3) is 3.37. The van der Waals surface area contributed by atoms with E-state index in [0.29, 0.717) is 19.1 Å². The Balaban J connectivity index is 1.44. The van der Waals surface area contributed by atoms with Crippen LogP contribution in [0.5, 0.6) is 0 Å². The average molecular weight is 370 g/mol. The van der Waals surface area contributed by atoms with Crippen molar-refractivity contribution in [2.75, 3.05) is 24.5 Å². The highest BCUT2D eigenvalue weighted by Gasteiger charge is 2.45. The monoisotopic (exact) mass is 370 g/mol. The number of carbonyl (C=O) groups excluding carboxylic acids is 2. The van der Waals surface area contributed by atoms with E-state index in [1.807, 2.05) is 29.2 Å². The van der Waals surface area contributed by atoms with Crippen LogP contribution in [-0.4, -0.2) is 48.2 Å². The number of nitrogens with one attached hydrogen (secondary N) is 2. The molecular formula is C21H30N4O2. The Morgan fingerprint density at radius 1 is 1.19 bits per heavy atom. The number of urea groups is 1. The molecular weight excluding hydrogens is 340 g/mol. The van der Waals surface area contributed by atoms with Crippen molar-refractivity contribution in [2.24, 2.45) is 0 Å². The predicted octanol–water partition coefficient (Wildman–Crippen LogP) is 3.09. The normalized spacial score (nSPS) is 22.3. The highest BCUT2D eigenvalue weighted by Crippen LogP contribution is 2.37. The highest BCUT2D eigenvalue weighted by atomic mass is 16.2. The van der Waals surface area contributed by atoms with Crippen molar-refractivity contribution in [2.45, 2.75) is 63.6 Å². The smallest absolute Gasteiger partial charge is 0.317 e. The maximum Gasteiger partial charge on any atom is 0.317 e. The van der Waals surface area contributed by atoms with Crippen LogP contribution in [0.4, 0.5) is 10.5 Å². The first-order chi connectivity index (χ1) is 13.1. The van der Waals surface area contributed by atoms with Gasteiger partial charge in [-0.05, 0) is 31.9 Å². The van der Waals surface area contributed by atoms with Gasteiger partial charge in [0.1, 0.15) is 5.66 Å². The molecule has 0 radical (unpaired) electrons. The highest BCUT2D eigenvalue weighted by molar-refractivity contribution is 6.02. The van der Waals surface area contributed by atoms with Crippen LogP contribution in [0.15, 0.2) is 24.3 Å². The molecule has 1 saturated heterocycles. The van der Waals surface area contributed by atoms with Gasteiger partial charge < -0.3 is 20.4 Å². The van der Waals surface area contributed by atoms with E-state index in [9.17, 15) is 9.59 Å². The van der Waals surface area contributed by atoms with Gasteiger partial charge in [0.25, 0.3) is 5.91 Å². The summed E-state index contributed by atoms with van der Waals surface area (Å²) in [7, 11) is 0. The fraction of sp³-hybridized carbons (Fsp3) is 0.619. The van der Waals surface area contributed by atoms with E-state index >= 15 is 0 Å². The zero-order chi connectivity index (χ0) is 18.9. The number of rotatable bonds is 2. The van der Waals surface area contributed by atoms with E-state index in [-0.39, 0.29) is 17.6 Å². The SMILES string of the molecule is CCN1c2ccccc2C(=O)NC12CCN(C(=O)NC1CCCCC1)CC2. The number of benzene rings is 1. The lowest BCUT2D eigenvalue weighted by atomic mass is 9.90. The molecule has 2 fully saturated rings. The molecule has 1 aromatic rings. The number of para-hydroxylation sites is 1. The summed E-state index contributed by atoms with van der Waals surface area (Å²) in [5.74, 6) is -0.00425. The quantitative estimate of drug-likeness (QED) is 0.841. The van der Waals surface area contributed by atoms with E-state index < -0.39 is 0 Å². The van der Waals surface area contributed by atoms with Crippen molar-refractivity contribution in [3.05, 3.63) is 29.8 Å². The second-order valence-electron chi connectivity index (χ2n) is 8.02. The number of nitrogens with zero attached hydrogens (tertiary/aromatic N) is 2. The lowest BCUT2D eigenvalue weighted by Crippen LogP contribution is -2.68. The van der Waals surface area contributed by atoms with Gasteiger partial charge in [0.15, 0.2) is 0 Å². The number of anilines is 1. The van der Waals surface area contributed by atoms with Crippen molar-refractivity contribution >= 4 is 17.6 Å². The minimum absolute atomic E-state index is 0.00425. The van der Waals surface area contributed by atoms with Gasteiger partial charge in [0.2, 0.25) is 0 Å². The second kappa shape index (κ2) is 7.41. The summed E-state index contributed by atoms with van der Waals surface area (Å²) >= 11 is 0. The Kier molecular flexibility index (Phi) is 4.98. The molecule has 27 heavy (non-hydrogen) atoms. The van der Waals surface area contributed by atoms with E-state index in [2.05, 4.69) is 22.5 Å². The van der Waals surface area contributed by atoms with Crippen LogP contribution in [0.2, 0.25) is 0 Å². The first kappa shape index (κ1) is 18.1. The second-order valence-corrected chi connectivity index (χ2v) is 8.02. The van der Waals surface area contributed by atoms with Gasteiger partial charge in [-0.15, -0.1) is 0 Å². The van der Waals surface area contributed by atoms with Crippen LogP contribution in [-0.2, 0) is 0 Å². The molecule has 1 spiro atoms. The predicted molar refractivity (Wildman–Crippen MR) is 106 cm³/mol. The summed E-state index contributed by atoms with van der Waals surface area (Å²) in [4.78, 5) is 29.6. The van der Waals surface area contributed by atoms with Crippen molar-refractivity contribution < 1.29 is 9.59 Å². The summed E-state index contributed by atoms with van der Waals surface area (Å²) in [6.07, 6.45) is 7.40. The van der Waals surface area contributed by atoms with Gasteiger partial charge >= 0.3 is 6.03 Å². The Morgan fingerprint density at radius 2 is 1.89 bits per heavy atom. The maximum absolute atomic E-state index is 12.7. The largest absolute Gasteiger partial charge is 0.348 e. The molecule has 0 aromatic heterocycles. The van der Waals surface area contributed by atoms with Gasteiger partial charge in [0.05, 0.1) is 11.3 Å². The molecule has 0 bridgehead atoms. The van der Waals surface area contributed by atoms with Crippen molar-refractivity contribution in [3.8, 4) is 0 Å². The van der Waals surface area contributed by atoms with Crippen LogP contribution in [0.25, 0.3) is 0 Å². The summed E-state index contributed by atoms with van der Waals surface area (Å²) in [5, 5.41) is 6.47. The van der Waals surface area contributed by atoms with E-state index in [0.717, 1.165) is 43.5 Å². The number of piperidine rings is 1. The molecule has 6 nitrogen and oxygen atoms in total. The summed E-state index contributed by atoms with van der Waals surface area (Å²) in [5.41, 5.74) is 1.35. The molecule has 1 aliphatic carbocycles. The zero-order valence-electron chi connectivity index (χ0n) is 16.2. The van der Waals surface area contributed by atoms with Crippen molar-refractivity contribution in [3.63, 3.8) is 0 Å². The average Bonchev–Trinajstić information content (AvgIpc) is 2.70. The van der Waals surface area contributed by atoms with Crippen molar-refractivity contribution in [1.29, 1.82) is 0 Å². The lowest BCUT2D eigenvalue weighted by Gasteiger charge is -2.52. The summed E-state index contributed by atoms with van der Waals surface area (Å²) in [6, 6.07) is 8.19. The Bertz CT molecular complexity index is 706. The number of hydrogen-bond acceptors (Lipinski definition) is 3. The van der Waals surface area contributed by atoms with Crippen LogP contribution in [0.3, 0.4) is 0 Å². The molecule has 4 rings (SSSR count). The molecule has 1 aromatic carbocycles. The van der Waals surface area contributed by atoms with E-state index in [1.165, 1.54) is 19.3 Å². The lowest BCUT2D eigenvalue weighted by molar-refractivity contribution is 0.0800. The zero-order valence-corrected chi connectivity index (χ0v) is 16.2. The standard InChI is InChI=1S/C21H30N4O2/c1-2-25-18-11-7-6-10-17(18)19(26)23-21(25)12-14-24(15-13-21)20(27)22-16-8-4-3-5-9-16/h6-7,10-11,16H,2-5,8-9,12-15H2,1H3,(H,22,27)(H,23,26). The summed E-state index contributed by atoms with van der Waals surface area (Å²) in [6.45, 7) is 4.28. The number of hydrogen-bond donors (Lipinski definition) is 2. The molecule has 6 heteroatoms. The number of likely N-dealkylation sites (tertiary alicyclic amines) is 1. The molecule has 0 atom stereocenters. The molecule has 146 valence electrons. The van der Waals surface area contributed by atoms with Gasteiger partial charge in [-0.25, -0.2) is 4.79 Å². The van der Waals surface area contributed by atoms with Crippen LogP contribution >= 0.6 is 0 Å². The van der Waals surface area contributed by atoms with Gasteiger partial charge in [-0.3, -0.25) is 4.79 Å². The van der Waals surface area contributed by atoms with Gasteiger partial charge in [-0.2, -0.15) is 0 Å². The fourth-order valence-electron chi connectivity index (χ4n) is 4.94. The van der Waals surface area contributed by atoms with Crippen molar-refractivity contribution in [1.82, 2.24) is 15.5 Å². The molecule has 1 saturated carbocycles. The summed E-state index contributed by atoms with van der Waals surface area (Å²) < 4.78 is 0. The third-order valence-electron chi connectivity index (χ3n) is 6.43.